The lowest BCUT2D eigenvalue weighted by Crippen LogP contribution is -2.45. The van der Waals surface area contributed by atoms with Gasteiger partial charge in [0, 0.05) is 13.6 Å². The number of aliphatic imine (C=N–C) groups is 1. The minimum Gasteiger partial charge on any atom is -0.486 e. The van der Waals surface area contributed by atoms with Crippen LogP contribution in [0.15, 0.2) is 29.3 Å². The Morgan fingerprint density at radius 2 is 1.96 bits per heavy atom. The Kier molecular flexibility index (Phi) is 9.82. The quantitative estimate of drug-likeness (QED) is 0.300. The van der Waals surface area contributed by atoms with E-state index in [1.807, 2.05) is 24.3 Å². The maximum atomic E-state index is 5.91. The van der Waals surface area contributed by atoms with E-state index in [1.165, 1.54) is 25.7 Å². The number of halogens is 1. The van der Waals surface area contributed by atoms with Crippen LogP contribution in [0.3, 0.4) is 0 Å². The second-order valence-electron chi connectivity index (χ2n) is 5.44. The van der Waals surface area contributed by atoms with Crippen LogP contribution in [0.25, 0.3) is 0 Å². The molecule has 130 valence electrons. The summed E-state index contributed by atoms with van der Waals surface area (Å²) in [5, 5.41) is 6.62. The zero-order valence-corrected chi connectivity index (χ0v) is 16.3. The van der Waals surface area contributed by atoms with Crippen molar-refractivity contribution in [3.8, 4) is 11.5 Å². The van der Waals surface area contributed by atoms with Crippen molar-refractivity contribution in [1.82, 2.24) is 10.6 Å². The molecule has 1 atom stereocenters. The van der Waals surface area contributed by atoms with Gasteiger partial charge in [-0.3, -0.25) is 4.99 Å². The fourth-order valence-corrected chi connectivity index (χ4v) is 2.35. The van der Waals surface area contributed by atoms with E-state index < -0.39 is 0 Å². The standard InChI is InChI=1S/C17H27N3O2.HI/c1-3-4-5-8-11-19-17(18-2)20-12-14-13-21-15-9-6-7-10-16(15)22-14;/h6-7,9-10,14H,3-5,8,11-13H2,1-2H3,(H2,18,19,20);1H. The van der Waals surface area contributed by atoms with Crippen LogP contribution >= 0.6 is 24.0 Å². The average molecular weight is 433 g/mol. The summed E-state index contributed by atoms with van der Waals surface area (Å²) >= 11 is 0. The summed E-state index contributed by atoms with van der Waals surface area (Å²) < 4.78 is 11.6. The van der Waals surface area contributed by atoms with Gasteiger partial charge < -0.3 is 20.1 Å². The molecule has 1 aliphatic heterocycles. The van der Waals surface area contributed by atoms with Crippen molar-refractivity contribution in [2.45, 2.75) is 38.7 Å². The van der Waals surface area contributed by atoms with Crippen LogP contribution < -0.4 is 20.1 Å². The van der Waals surface area contributed by atoms with E-state index in [4.69, 9.17) is 9.47 Å². The highest BCUT2D eigenvalue weighted by Crippen LogP contribution is 2.30. The molecule has 0 radical (unpaired) electrons. The van der Waals surface area contributed by atoms with Crippen molar-refractivity contribution in [1.29, 1.82) is 0 Å². The van der Waals surface area contributed by atoms with Gasteiger partial charge in [-0.2, -0.15) is 0 Å². The van der Waals surface area contributed by atoms with Crippen LogP contribution in [0.5, 0.6) is 11.5 Å². The van der Waals surface area contributed by atoms with Crippen LogP contribution in [0.1, 0.15) is 32.6 Å². The number of ether oxygens (including phenoxy) is 2. The van der Waals surface area contributed by atoms with E-state index in [0.717, 1.165) is 24.0 Å². The topological polar surface area (TPSA) is 54.9 Å². The van der Waals surface area contributed by atoms with Gasteiger partial charge in [0.1, 0.15) is 12.7 Å². The number of hydrogen-bond acceptors (Lipinski definition) is 3. The molecule has 0 aromatic heterocycles. The third-order valence-corrected chi connectivity index (χ3v) is 3.61. The van der Waals surface area contributed by atoms with Gasteiger partial charge in [0.25, 0.3) is 0 Å². The number of nitrogens with one attached hydrogen (secondary N) is 2. The monoisotopic (exact) mass is 433 g/mol. The van der Waals surface area contributed by atoms with Gasteiger partial charge in [-0.05, 0) is 18.6 Å². The Morgan fingerprint density at radius 1 is 1.17 bits per heavy atom. The first kappa shape index (κ1) is 19.9. The number of fused-ring (bicyclic) bond motifs is 1. The summed E-state index contributed by atoms with van der Waals surface area (Å²) in [6, 6.07) is 7.76. The molecule has 1 aliphatic rings. The van der Waals surface area contributed by atoms with E-state index in [-0.39, 0.29) is 30.1 Å². The first-order chi connectivity index (χ1) is 10.8. The Morgan fingerprint density at radius 3 is 2.70 bits per heavy atom. The molecule has 5 nitrogen and oxygen atoms in total. The minimum absolute atomic E-state index is 0. The van der Waals surface area contributed by atoms with E-state index in [2.05, 4.69) is 22.5 Å². The lowest BCUT2D eigenvalue weighted by atomic mass is 10.2. The number of para-hydroxylation sites is 2. The molecule has 1 heterocycles. The van der Waals surface area contributed by atoms with Crippen molar-refractivity contribution < 1.29 is 9.47 Å². The number of hydrogen-bond donors (Lipinski definition) is 2. The summed E-state index contributed by atoms with van der Waals surface area (Å²) in [6.45, 7) is 4.39. The molecule has 0 saturated heterocycles. The van der Waals surface area contributed by atoms with E-state index in [0.29, 0.717) is 13.2 Å². The molecule has 0 amide bonds. The number of benzene rings is 1. The number of rotatable bonds is 7. The first-order valence-electron chi connectivity index (χ1n) is 8.16. The van der Waals surface area contributed by atoms with Crippen LogP contribution in [0.2, 0.25) is 0 Å². The summed E-state index contributed by atoms with van der Waals surface area (Å²) in [5.74, 6) is 2.44. The van der Waals surface area contributed by atoms with E-state index >= 15 is 0 Å². The van der Waals surface area contributed by atoms with Crippen molar-refractivity contribution >= 4 is 29.9 Å². The molecular weight excluding hydrogens is 405 g/mol. The van der Waals surface area contributed by atoms with Crippen LogP contribution in [0.4, 0.5) is 0 Å². The molecule has 6 heteroatoms. The maximum absolute atomic E-state index is 5.91. The van der Waals surface area contributed by atoms with Gasteiger partial charge in [0.2, 0.25) is 0 Å². The van der Waals surface area contributed by atoms with Crippen LogP contribution in [-0.2, 0) is 0 Å². The molecule has 0 saturated carbocycles. The fourth-order valence-electron chi connectivity index (χ4n) is 2.35. The largest absolute Gasteiger partial charge is 0.486 e. The SMILES string of the molecule is CCCCCCNC(=NC)NCC1COc2ccccc2O1.I. The van der Waals surface area contributed by atoms with Gasteiger partial charge in [-0.1, -0.05) is 38.3 Å². The van der Waals surface area contributed by atoms with Gasteiger partial charge >= 0.3 is 0 Å². The van der Waals surface area contributed by atoms with Gasteiger partial charge in [-0.25, -0.2) is 0 Å². The average Bonchev–Trinajstić information content (AvgIpc) is 2.57. The highest BCUT2D eigenvalue weighted by atomic mass is 127. The highest BCUT2D eigenvalue weighted by Gasteiger charge is 2.20. The molecule has 0 fully saturated rings. The molecule has 0 aliphatic carbocycles. The molecule has 1 unspecified atom stereocenters. The highest BCUT2D eigenvalue weighted by molar-refractivity contribution is 14.0. The zero-order valence-electron chi connectivity index (χ0n) is 14.0. The van der Waals surface area contributed by atoms with Crippen molar-refractivity contribution in [2.24, 2.45) is 4.99 Å². The van der Waals surface area contributed by atoms with Crippen LogP contribution in [0, 0.1) is 0 Å². The first-order valence-corrected chi connectivity index (χ1v) is 8.16. The molecule has 2 N–H and O–H groups in total. The molecule has 0 spiro atoms. The zero-order chi connectivity index (χ0) is 15.6. The second-order valence-corrected chi connectivity index (χ2v) is 5.44. The van der Waals surface area contributed by atoms with Crippen molar-refractivity contribution in [2.75, 3.05) is 26.7 Å². The number of guanidine groups is 1. The smallest absolute Gasteiger partial charge is 0.191 e. The Labute approximate surface area is 156 Å². The summed E-state index contributed by atoms with van der Waals surface area (Å²) in [5.41, 5.74) is 0. The fraction of sp³-hybridized carbons (Fsp3) is 0.588. The van der Waals surface area contributed by atoms with Crippen molar-refractivity contribution in [3.63, 3.8) is 0 Å². The third kappa shape index (κ3) is 6.85. The van der Waals surface area contributed by atoms with Gasteiger partial charge in [-0.15, -0.1) is 24.0 Å². The molecule has 0 bridgehead atoms. The summed E-state index contributed by atoms with van der Waals surface area (Å²) in [4.78, 5) is 4.23. The third-order valence-electron chi connectivity index (χ3n) is 3.61. The summed E-state index contributed by atoms with van der Waals surface area (Å²) in [7, 11) is 1.79. The molecule has 1 aromatic rings. The molecule has 23 heavy (non-hydrogen) atoms. The molecular formula is C17H28IN3O2. The Hall–Kier alpha value is -1.18. The number of nitrogens with zero attached hydrogens (tertiary/aromatic N) is 1. The lowest BCUT2D eigenvalue weighted by molar-refractivity contribution is 0.0936. The molecule has 2 rings (SSSR count). The van der Waals surface area contributed by atoms with Crippen molar-refractivity contribution in [3.05, 3.63) is 24.3 Å². The Bertz CT molecular complexity index is 483. The Balaban J connectivity index is 0.00000264. The normalized spacial score (nSPS) is 16.4. The van der Waals surface area contributed by atoms with E-state index in [9.17, 15) is 0 Å². The van der Waals surface area contributed by atoms with Crippen LogP contribution in [-0.4, -0.2) is 38.8 Å². The molecule has 1 aromatic carbocycles. The van der Waals surface area contributed by atoms with E-state index in [1.54, 1.807) is 7.05 Å². The van der Waals surface area contributed by atoms with Gasteiger partial charge in [0.05, 0.1) is 6.54 Å². The predicted molar refractivity (Wildman–Crippen MR) is 105 cm³/mol. The predicted octanol–water partition coefficient (Wildman–Crippen LogP) is 3.19. The number of unbranched alkanes of at least 4 members (excludes halogenated alkanes) is 3. The van der Waals surface area contributed by atoms with Gasteiger partial charge in [0.15, 0.2) is 17.5 Å². The summed E-state index contributed by atoms with van der Waals surface area (Å²) in [6.07, 6.45) is 4.98. The maximum Gasteiger partial charge on any atom is 0.191 e. The minimum atomic E-state index is -0.00598. The lowest BCUT2D eigenvalue weighted by Gasteiger charge is -2.27. The second kappa shape index (κ2) is 11.4.